The van der Waals surface area contributed by atoms with E-state index in [1.54, 1.807) is 10.9 Å². The average Bonchev–Trinajstić information content (AvgIpc) is 2.69. The number of amides is 1. The van der Waals surface area contributed by atoms with Gasteiger partial charge in [-0.05, 0) is 33.2 Å². The molecule has 1 aromatic heterocycles. The van der Waals surface area contributed by atoms with Gasteiger partial charge in [0.05, 0.1) is 11.3 Å². The number of nitrogens with one attached hydrogen (secondary N) is 2. The minimum Gasteiger partial charge on any atom is -0.348 e. The van der Waals surface area contributed by atoms with E-state index in [0.717, 1.165) is 18.7 Å². The molecule has 0 saturated carbocycles. The zero-order valence-electron chi connectivity index (χ0n) is 11.4. The van der Waals surface area contributed by atoms with Gasteiger partial charge in [-0.2, -0.15) is 5.10 Å². The monoisotopic (exact) mass is 250 g/mol. The first-order valence-corrected chi connectivity index (χ1v) is 6.62. The Kier molecular flexibility index (Phi) is 4.01. The van der Waals surface area contributed by atoms with Gasteiger partial charge >= 0.3 is 0 Å². The Hall–Kier alpha value is -1.36. The fraction of sp³-hybridized carbons (Fsp3) is 0.692. The summed E-state index contributed by atoms with van der Waals surface area (Å²) >= 11 is 0. The summed E-state index contributed by atoms with van der Waals surface area (Å²) in [5, 5.41) is 10.7. The van der Waals surface area contributed by atoms with Gasteiger partial charge < -0.3 is 10.6 Å². The predicted molar refractivity (Wildman–Crippen MR) is 70.5 cm³/mol. The van der Waals surface area contributed by atoms with E-state index in [1.807, 2.05) is 14.0 Å². The van der Waals surface area contributed by atoms with E-state index >= 15 is 0 Å². The molecule has 2 unspecified atom stereocenters. The van der Waals surface area contributed by atoms with Crippen LogP contribution in [0, 0.1) is 6.92 Å². The highest BCUT2D eigenvalue weighted by Gasteiger charge is 2.22. The number of carbonyl (C=O) groups excluding carboxylic acids is 1. The first-order valence-electron chi connectivity index (χ1n) is 6.62. The Bertz CT molecular complexity index is 421. The molecule has 2 rings (SSSR count). The number of aromatic nitrogens is 2. The quantitative estimate of drug-likeness (QED) is 0.841. The van der Waals surface area contributed by atoms with Gasteiger partial charge in [-0.1, -0.05) is 6.42 Å². The van der Waals surface area contributed by atoms with Crippen molar-refractivity contribution < 1.29 is 4.79 Å². The third kappa shape index (κ3) is 2.90. The molecule has 0 radical (unpaired) electrons. The predicted octanol–water partition coefficient (Wildman–Crippen LogP) is 0.989. The topological polar surface area (TPSA) is 59.0 Å². The molecule has 2 atom stereocenters. The van der Waals surface area contributed by atoms with Crippen molar-refractivity contribution in [3.8, 4) is 0 Å². The molecular weight excluding hydrogens is 228 g/mol. The van der Waals surface area contributed by atoms with Crippen LogP contribution in [0.4, 0.5) is 0 Å². The number of aryl methyl sites for hydroxylation is 2. The summed E-state index contributed by atoms with van der Waals surface area (Å²) in [5.41, 5.74) is 1.44. The molecule has 1 fully saturated rings. The van der Waals surface area contributed by atoms with Crippen molar-refractivity contribution in [3.63, 3.8) is 0 Å². The number of carbonyl (C=O) groups is 1. The number of hydrogen-bond donors (Lipinski definition) is 2. The number of piperidine rings is 1. The summed E-state index contributed by atoms with van der Waals surface area (Å²) in [6.07, 6.45) is 5.38. The van der Waals surface area contributed by atoms with Gasteiger partial charge in [-0.15, -0.1) is 0 Å². The number of rotatable bonds is 3. The third-order valence-electron chi connectivity index (χ3n) is 3.57. The maximum Gasteiger partial charge on any atom is 0.255 e. The van der Waals surface area contributed by atoms with E-state index < -0.39 is 0 Å². The van der Waals surface area contributed by atoms with Crippen LogP contribution in [-0.4, -0.2) is 34.3 Å². The van der Waals surface area contributed by atoms with Crippen LogP contribution in [0.25, 0.3) is 0 Å². The summed E-state index contributed by atoms with van der Waals surface area (Å²) in [7, 11) is 1.83. The van der Waals surface area contributed by atoms with Crippen molar-refractivity contribution in [2.75, 3.05) is 6.54 Å². The lowest BCUT2D eigenvalue weighted by Crippen LogP contribution is -2.50. The van der Waals surface area contributed by atoms with Crippen LogP contribution in [-0.2, 0) is 7.05 Å². The highest BCUT2D eigenvalue weighted by molar-refractivity contribution is 5.95. The Morgan fingerprint density at radius 3 is 2.94 bits per heavy atom. The van der Waals surface area contributed by atoms with Crippen molar-refractivity contribution in [2.24, 2.45) is 7.05 Å². The van der Waals surface area contributed by atoms with E-state index in [2.05, 4.69) is 22.7 Å². The molecule has 5 heteroatoms. The number of nitrogens with zero attached hydrogens (tertiary/aromatic N) is 2. The van der Waals surface area contributed by atoms with Gasteiger partial charge in [-0.3, -0.25) is 9.48 Å². The first kappa shape index (κ1) is 13.1. The second-order valence-corrected chi connectivity index (χ2v) is 5.12. The minimum absolute atomic E-state index is 0.0273. The van der Waals surface area contributed by atoms with Crippen molar-refractivity contribution in [3.05, 3.63) is 17.5 Å². The van der Waals surface area contributed by atoms with E-state index in [9.17, 15) is 4.79 Å². The Labute approximate surface area is 108 Å². The lowest BCUT2D eigenvalue weighted by atomic mass is 9.99. The molecule has 1 aliphatic rings. The molecular formula is C13H22N4O. The summed E-state index contributed by atoms with van der Waals surface area (Å²) in [6, 6.07) is 0.539. The highest BCUT2D eigenvalue weighted by atomic mass is 16.1. The molecule has 1 aromatic rings. The normalized spacial score (nSPS) is 21.6. The van der Waals surface area contributed by atoms with Crippen LogP contribution in [0.1, 0.15) is 42.2 Å². The molecule has 2 heterocycles. The summed E-state index contributed by atoms with van der Waals surface area (Å²) in [5.74, 6) is -0.0273. The van der Waals surface area contributed by atoms with Crippen molar-refractivity contribution in [1.82, 2.24) is 20.4 Å². The average molecular weight is 250 g/mol. The molecule has 0 spiro atoms. The molecule has 1 aliphatic heterocycles. The van der Waals surface area contributed by atoms with Crippen LogP contribution >= 0.6 is 0 Å². The molecule has 100 valence electrons. The molecule has 18 heavy (non-hydrogen) atoms. The van der Waals surface area contributed by atoms with Gasteiger partial charge in [0.1, 0.15) is 0 Å². The fourth-order valence-corrected chi connectivity index (χ4v) is 2.51. The molecule has 1 amide bonds. The van der Waals surface area contributed by atoms with E-state index in [4.69, 9.17) is 0 Å². The largest absolute Gasteiger partial charge is 0.348 e. The third-order valence-corrected chi connectivity index (χ3v) is 3.57. The SMILES string of the molecule is Cc1nn(C)cc1C(=O)NC(C)C1CCCCN1. The van der Waals surface area contributed by atoms with Gasteiger partial charge in [0.15, 0.2) is 0 Å². The van der Waals surface area contributed by atoms with Crippen LogP contribution in [0.2, 0.25) is 0 Å². The van der Waals surface area contributed by atoms with Gasteiger partial charge in [0, 0.05) is 25.3 Å². The molecule has 1 saturated heterocycles. The first-order chi connectivity index (χ1) is 8.58. The lowest BCUT2D eigenvalue weighted by Gasteiger charge is -2.29. The minimum atomic E-state index is -0.0273. The maximum atomic E-state index is 12.1. The van der Waals surface area contributed by atoms with Crippen molar-refractivity contribution in [2.45, 2.75) is 45.2 Å². The van der Waals surface area contributed by atoms with Crippen molar-refractivity contribution >= 4 is 5.91 Å². The molecule has 0 aliphatic carbocycles. The lowest BCUT2D eigenvalue weighted by molar-refractivity contribution is 0.0927. The Morgan fingerprint density at radius 2 is 2.39 bits per heavy atom. The summed E-state index contributed by atoms with van der Waals surface area (Å²) in [6.45, 7) is 4.97. The van der Waals surface area contributed by atoms with Crippen molar-refractivity contribution in [1.29, 1.82) is 0 Å². The Morgan fingerprint density at radius 1 is 1.61 bits per heavy atom. The van der Waals surface area contributed by atoms with Crippen LogP contribution in [0.15, 0.2) is 6.20 Å². The molecule has 5 nitrogen and oxygen atoms in total. The molecule has 2 N–H and O–H groups in total. The van der Waals surface area contributed by atoms with Gasteiger partial charge in [-0.25, -0.2) is 0 Å². The molecule has 0 bridgehead atoms. The van der Waals surface area contributed by atoms with Crippen LogP contribution < -0.4 is 10.6 Å². The summed E-state index contributed by atoms with van der Waals surface area (Å²) in [4.78, 5) is 12.1. The van der Waals surface area contributed by atoms with Gasteiger partial charge in [0.2, 0.25) is 0 Å². The van der Waals surface area contributed by atoms with Crippen LogP contribution in [0.5, 0.6) is 0 Å². The van der Waals surface area contributed by atoms with Gasteiger partial charge in [0.25, 0.3) is 5.91 Å². The smallest absolute Gasteiger partial charge is 0.255 e. The zero-order chi connectivity index (χ0) is 13.1. The van der Waals surface area contributed by atoms with E-state index in [1.165, 1.54) is 12.8 Å². The zero-order valence-corrected chi connectivity index (χ0v) is 11.4. The second-order valence-electron chi connectivity index (χ2n) is 5.12. The maximum absolute atomic E-state index is 12.1. The van der Waals surface area contributed by atoms with E-state index in [-0.39, 0.29) is 11.9 Å². The standard InChI is InChI=1S/C13H22N4O/c1-9-11(8-17(3)16-9)13(18)15-10(2)12-6-4-5-7-14-12/h8,10,12,14H,4-7H2,1-3H3,(H,15,18). The molecule has 0 aromatic carbocycles. The number of hydrogen-bond acceptors (Lipinski definition) is 3. The van der Waals surface area contributed by atoms with Crippen LogP contribution in [0.3, 0.4) is 0 Å². The highest BCUT2D eigenvalue weighted by Crippen LogP contribution is 2.11. The second kappa shape index (κ2) is 5.52. The Balaban J connectivity index is 1.96. The fourth-order valence-electron chi connectivity index (χ4n) is 2.51. The summed E-state index contributed by atoms with van der Waals surface area (Å²) < 4.78 is 1.67. The van der Waals surface area contributed by atoms with E-state index in [0.29, 0.717) is 11.6 Å².